The molecular formula is C26H32N6O5. The molecule has 37 heavy (non-hydrogen) atoms. The number of pyridine rings is 1. The number of nitrogens with zero attached hydrogens (tertiary/aromatic N) is 3. The second-order valence-electron chi connectivity index (χ2n) is 8.31. The van der Waals surface area contributed by atoms with Crippen LogP contribution in [0.5, 0.6) is 0 Å². The molecule has 1 amide bonds. The minimum Gasteiger partial charge on any atom is -0.466 e. The molecule has 0 saturated heterocycles. The fourth-order valence-corrected chi connectivity index (χ4v) is 3.91. The summed E-state index contributed by atoms with van der Waals surface area (Å²) in [6, 6.07) is 8.10. The van der Waals surface area contributed by atoms with Gasteiger partial charge in [-0.1, -0.05) is 12.1 Å². The highest BCUT2D eigenvalue weighted by molar-refractivity contribution is 5.97. The fourth-order valence-electron chi connectivity index (χ4n) is 3.91. The first kappa shape index (κ1) is 27.3. The van der Waals surface area contributed by atoms with Gasteiger partial charge in [0.1, 0.15) is 11.9 Å². The molecule has 0 aliphatic heterocycles. The molecular weight excluding hydrogens is 476 g/mol. The van der Waals surface area contributed by atoms with Crippen molar-refractivity contribution in [3.05, 3.63) is 53.2 Å². The van der Waals surface area contributed by atoms with E-state index < -0.39 is 23.9 Å². The number of aryl methyl sites for hydroxylation is 2. The largest absolute Gasteiger partial charge is 0.466 e. The van der Waals surface area contributed by atoms with Crippen molar-refractivity contribution in [1.29, 1.82) is 0 Å². The third kappa shape index (κ3) is 7.60. The zero-order chi connectivity index (χ0) is 26.8. The molecule has 0 spiro atoms. The van der Waals surface area contributed by atoms with Gasteiger partial charge in [-0.05, 0) is 68.9 Å². The number of carbonyl (C=O) groups is 3. The number of anilines is 2. The normalized spacial score (nSPS) is 11.6. The number of ether oxygens (including phenoxy) is 2. The van der Waals surface area contributed by atoms with Gasteiger partial charge in [-0.15, -0.1) is 0 Å². The highest BCUT2D eigenvalue weighted by Gasteiger charge is 2.24. The predicted octanol–water partition coefficient (Wildman–Crippen LogP) is 2.37. The Labute approximate surface area is 215 Å². The predicted molar refractivity (Wildman–Crippen MR) is 138 cm³/mol. The Balaban J connectivity index is 1.58. The van der Waals surface area contributed by atoms with Gasteiger partial charge >= 0.3 is 11.9 Å². The van der Waals surface area contributed by atoms with E-state index in [2.05, 4.69) is 20.3 Å². The highest BCUT2D eigenvalue weighted by Crippen LogP contribution is 2.23. The Morgan fingerprint density at radius 2 is 1.70 bits per heavy atom. The van der Waals surface area contributed by atoms with E-state index in [-0.39, 0.29) is 32.0 Å². The van der Waals surface area contributed by atoms with Gasteiger partial charge in [0.05, 0.1) is 18.6 Å². The lowest BCUT2D eigenvalue weighted by Gasteiger charge is -2.17. The lowest BCUT2D eigenvalue weighted by molar-refractivity contribution is -0.146. The van der Waals surface area contributed by atoms with E-state index in [4.69, 9.17) is 20.9 Å². The summed E-state index contributed by atoms with van der Waals surface area (Å²) in [5, 5.41) is 3.38. The number of benzene rings is 1. The summed E-state index contributed by atoms with van der Waals surface area (Å²) in [6.45, 7) is 3.80. The molecule has 0 aliphatic carbocycles. The molecule has 1 aromatic carbocycles. The van der Waals surface area contributed by atoms with Crippen molar-refractivity contribution in [1.82, 2.24) is 20.3 Å². The molecule has 11 heteroatoms. The lowest BCUT2D eigenvalue weighted by atomic mass is 10.0. The average molecular weight is 509 g/mol. The minimum absolute atomic E-state index is 0.00549. The summed E-state index contributed by atoms with van der Waals surface area (Å²) in [6.07, 6.45) is 4.09. The number of rotatable bonds is 12. The van der Waals surface area contributed by atoms with E-state index in [0.717, 1.165) is 30.4 Å². The third-order valence-electron chi connectivity index (χ3n) is 5.68. The second-order valence-corrected chi connectivity index (χ2v) is 8.31. The van der Waals surface area contributed by atoms with E-state index in [1.807, 2.05) is 18.2 Å². The number of amides is 1. The van der Waals surface area contributed by atoms with Crippen molar-refractivity contribution in [2.75, 3.05) is 24.7 Å². The molecule has 196 valence electrons. The van der Waals surface area contributed by atoms with Crippen molar-refractivity contribution in [3.63, 3.8) is 0 Å². The van der Waals surface area contributed by atoms with Gasteiger partial charge in [0, 0.05) is 18.2 Å². The van der Waals surface area contributed by atoms with Crippen molar-refractivity contribution < 1.29 is 23.9 Å². The standard InChI is InChI=1S/C26H32N6O5/c1-3-36-20(33)13-12-19(25(35)37-4-2)30-24(34)18-10-8-16(9-11-18)6-5-7-17-14-15-29-23-21(17)22(27)31-26(28)32-23/h8-11,14-15,19H,3-7,12-13H2,1-2H3,(H,30,34)(H4,27,28,29,31,32)/t19-/m0/s1. The average Bonchev–Trinajstić information content (AvgIpc) is 2.86. The van der Waals surface area contributed by atoms with Crippen LogP contribution < -0.4 is 16.8 Å². The number of hydrogen-bond donors (Lipinski definition) is 3. The maximum atomic E-state index is 12.8. The molecule has 0 aliphatic rings. The number of nitrogens with two attached hydrogens (primary N) is 2. The van der Waals surface area contributed by atoms with E-state index in [1.54, 1.807) is 32.2 Å². The van der Waals surface area contributed by atoms with Gasteiger partial charge in [-0.2, -0.15) is 9.97 Å². The number of fused-ring (bicyclic) bond motifs is 1. The van der Waals surface area contributed by atoms with Crippen LogP contribution in [0, 0.1) is 0 Å². The molecule has 3 rings (SSSR count). The molecule has 2 aromatic heterocycles. The van der Waals surface area contributed by atoms with Crippen LogP contribution in [0.15, 0.2) is 36.5 Å². The quantitative estimate of drug-likeness (QED) is 0.308. The first-order valence-electron chi connectivity index (χ1n) is 12.2. The number of nitrogen functional groups attached to an aromatic ring is 2. The van der Waals surface area contributed by atoms with Crippen LogP contribution in [0.2, 0.25) is 0 Å². The Kier molecular flexibility index (Phi) is 9.70. The molecule has 3 aromatic rings. The molecule has 0 fully saturated rings. The Bertz CT molecular complexity index is 1250. The van der Waals surface area contributed by atoms with Crippen molar-refractivity contribution in [3.8, 4) is 0 Å². The zero-order valence-corrected chi connectivity index (χ0v) is 21.0. The van der Waals surface area contributed by atoms with Gasteiger partial charge in [0.2, 0.25) is 5.95 Å². The highest BCUT2D eigenvalue weighted by atomic mass is 16.5. The van der Waals surface area contributed by atoms with Gasteiger partial charge in [0.25, 0.3) is 5.91 Å². The maximum Gasteiger partial charge on any atom is 0.328 e. The first-order valence-corrected chi connectivity index (χ1v) is 12.2. The summed E-state index contributed by atoms with van der Waals surface area (Å²) in [5.74, 6) is -1.05. The van der Waals surface area contributed by atoms with Crippen molar-refractivity contribution >= 4 is 40.6 Å². The number of hydrogen-bond acceptors (Lipinski definition) is 10. The van der Waals surface area contributed by atoms with Gasteiger partial charge in [-0.3, -0.25) is 9.59 Å². The summed E-state index contributed by atoms with van der Waals surface area (Å²) >= 11 is 0. The number of carbonyl (C=O) groups excluding carboxylic acids is 3. The van der Waals surface area contributed by atoms with Crippen LogP contribution in [0.3, 0.4) is 0 Å². The first-order chi connectivity index (χ1) is 17.8. The maximum absolute atomic E-state index is 12.8. The number of aromatic nitrogens is 3. The van der Waals surface area contributed by atoms with Crippen LogP contribution in [0.1, 0.15) is 54.6 Å². The van der Waals surface area contributed by atoms with E-state index >= 15 is 0 Å². The molecule has 0 unspecified atom stereocenters. The SMILES string of the molecule is CCOC(=O)CC[C@H](NC(=O)c1ccc(CCCc2ccnc3nc(N)nc(N)c23)cc1)C(=O)OCC. The van der Waals surface area contributed by atoms with Gasteiger partial charge < -0.3 is 26.3 Å². The Hall–Kier alpha value is -4.28. The number of esters is 2. The van der Waals surface area contributed by atoms with E-state index in [0.29, 0.717) is 22.4 Å². The van der Waals surface area contributed by atoms with Crippen LogP contribution in [-0.2, 0) is 31.9 Å². The monoisotopic (exact) mass is 508 g/mol. The molecule has 0 bridgehead atoms. The lowest BCUT2D eigenvalue weighted by Crippen LogP contribution is -2.42. The van der Waals surface area contributed by atoms with Crippen molar-refractivity contribution in [2.24, 2.45) is 0 Å². The summed E-state index contributed by atoms with van der Waals surface area (Å²) in [5.41, 5.74) is 14.6. The molecule has 5 N–H and O–H groups in total. The zero-order valence-electron chi connectivity index (χ0n) is 21.0. The van der Waals surface area contributed by atoms with E-state index in [9.17, 15) is 14.4 Å². The van der Waals surface area contributed by atoms with Crippen LogP contribution in [0.25, 0.3) is 11.0 Å². The summed E-state index contributed by atoms with van der Waals surface area (Å²) < 4.78 is 9.94. The summed E-state index contributed by atoms with van der Waals surface area (Å²) in [4.78, 5) is 49.1. The number of nitrogens with one attached hydrogen (secondary N) is 1. The smallest absolute Gasteiger partial charge is 0.328 e. The Morgan fingerprint density at radius 1 is 0.973 bits per heavy atom. The van der Waals surface area contributed by atoms with Crippen LogP contribution in [-0.4, -0.2) is 52.1 Å². The molecule has 1 atom stereocenters. The van der Waals surface area contributed by atoms with Crippen LogP contribution in [0.4, 0.5) is 11.8 Å². The second kappa shape index (κ2) is 13.1. The third-order valence-corrected chi connectivity index (χ3v) is 5.68. The molecule has 2 heterocycles. The minimum atomic E-state index is -0.946. The van der Waals surface area contributed by atoms with Crippen LogP contribution >= 0.6 is 0 Å². The fraction of sp³-hybridized carbons (Fsp3) is 0.385. The van der Waals surface area contributed by atoms with Crippen molar-refractivity contribution in [2.45, 2.75) is 52.0 Å². The van der Waals surface area contributed by atoms with Gasteiger partial charge in [0.15, 0.2) is 5.65 Å². The van der Waals surface area contributed by atoms with E-state index in [1.165, 1.54) is 0 Å². The Morgan fingerprint density at radius 3 is 2.41 bits per heavy atom. The molecule has 0 saturated carbocycles. The molecule has 11 nitrogen and oxygen atoms in total. The topological polar surface area (TPSA) is 172 Å². The van der Waals surface area contributed by atoms with Gasteiger partial charge in [-0.25, -0.2) is 9.78 Å². The molecule has 0 radical (unpaired) electrons. The summed E-state index contributed by atoms with van der Waals surface area (Å²) in [7, 11) is 0.